The summed E-state index contributed by atoms with van der Waals surface area (Å²) in [7, 11) is -1.28. The summed E-state index contributed by atoms with van der Waals surface area (Å²) in [5.41, 5.74) is 1.41. The van der Waals surface area contributed by atoms with Crippen molar-refractivity contribution >= 4 is 16.9 Å². The van der Waals surface area contributed by atoms with Crippen LogP contribution in [0.1, 0.15) is 32.7 Å². The minimum Gasteiger partial charge on any atom is -0.395 e. The summed E-state index contributed by atoms with van der Waals surface area (Å²) in [4.78, 5) is 16.9. The zero-order chi connectivity index (χ0) is 33.0. The number of aliphatic hydroxyl groups is 2. The summed E-state index contributed by atoms with van der Waals surface area (Å²) < 4.78 is 71.2. The Bertz CT molecular complexity index is 1540. The van der Waals surface area contributed by atoms with E-state index < -0.39 is 47.1 Å². The number of amides is 1. The normalized spacial score (nSPS) is 17.9. The second-order valence-electron chi connectivity index (χ2n) is 11.6. The van der Waals surface area contributed by atoms with Crippen LogP contribution < -0.4 is 5.32 Å². The van der Waals surface area contributed by atoms with Crippen molar-refractivity contribution in [2.24, 2.45) is 0 Å². The molecule has 3 N–H and O–H groups in total. The van der Waals surface area contributed by atoms with Crippen LogP contribution in [-0.4, -0.2) is 109 Å². The van der Waals surface area contributed by atoms with Crippen LogP contribution in [-0.2, 0) is 43.2 Å². The average molecular weight is 667 g/mol. The second kappa shape index (κ2) is 14.7. The minimum absolute atomic E-state index is 0.101. The van der Waals surface area contributed by atoms with Crippen LogP contribution in [0.2, 0.25) is 0 Å². The van der Waals surface area contributed by atoms with Crippen molar-refractivity contribution in [2.75, 3.05) is 58.7 Å². The van der Waals surface area contributed by atoms with Crippen LogP contribution in [0.4, 0.5) is 17.6 Å². The molecule has 1 fully saturated rings. The number of nitrogens with zero attached hydrogens (tertiary/aromatic N) is 5. The van der Waals surface area contributed by atoms with E-state index in [2.05, 4.69) is 15.1 Å². The molecular weight excluding hydrogens is 628 g/mol. The maximum absolute atomic E-state index is 14.0. The van der Waals surface area contributed by atoms with Gasteiger partial charge < -0.3 is 15.5 Å². The van der Waals surface area contributed by atoms with Crippen LogP contribution in [0, 0.1) is 5.82 Å². The van der Waals surface area contributed by atoms with Crippen molar-refractivity contribution < 1.29 is 36.8 Å². The fourth-order valence-electron chi connectivity index (χ4n) is 6.00. The number of aromatic nitrogens is 2. The van der Waals surface area contributed by atoms with Crippen molar-refractivity contribution in [3.05, 3.63) is 76.2 Å². The van der Waals surface area contributed by atoms with Gasteiger partial charge in [0.25, 0.3) is 5.91 Å². The number of nitrogens with one attached hydrogen (secondary N) is 1. The topological polar surface area (TPSA) is 114 Å². The number of halogens is 4. The molecule has 1 aromatic heterocycles. The number of rotatable bonds is 11. The maximum atomic E-state index is 14.0. The van der Waals surface area contributed by atoms with Gasteiger partial charge in [-0.05, 0) is 42.0 Å². The fourth-order valence-corrected chi connectivity index (χ4v) is 6.66. The largest absolute Gasteiger partial charge is 0.416 e. The van der Waals surface area contributed by atoms with Gasteiger partial charge in [-0.1, -0.05) is 6.07 Å². The van der Waals surface area contributed by atoms with Gasteiger partial charge in [-0.25, -0.2) is 12.9 Å². The molecule has 10 nitrogen and oxygen atoms in total. The molecule has 1 saturated heterocycles. The minimum atomic E-state index is -4.68. The third-order valence-corrected chi connectivity index (χ3v) is 9.47. The van der Waals surface area contributed by atoms with Crippen LogP contribution in [0.25, 0.3) is 11.3 Å². The van der Waals surface area contributed by atoms with E-state index in [4.69, 9.17) is 5.10 Å². The molecule has 46 heavy (non-hydrogen) atoms. The quantitative estimate of drug-likeness (QED) is 0.269. The van der Waals surface area contributed by atoms with Crippen LogP contribution >= 0.6 is 0 Å². The van der Waals surface area contributed by atoms with E-state index in [-0.39, 0.29) is 30.8 Å². The highest BCUT2D eigenvalue weighted by molar-refractivity contribution is 7.81. The Balaban J connectivity index is 1.41. The molecule has 0 bridgehead atoms. The van der Waals surface area contributed by atoms with Gasteiger partial charge in [0.05, 0.1) is 41.5 Å². The predicted octanol–water partition coefficient (Wildman–Crippen LogP) is 2.26. The number of carbonyl (C=O) groups excluding carboxylic acids is 1. The third kappa shape index (κ3) is 8.19. The molecule has 2 unspecified atom stereocenters. The monoisotopic (exact) mass is 666 g/mol. The van der Waals surface area contributed by atoms with Crippen molar-refractivity contribution in [1.29, 1.82) is 0 Å². The van der Waals surface area contributed by atoms with Crippen molar-refractivity contribution in [2.45, 2.75) is 38.3 Å². The Morgan fingerprint density at radius 2 is 1.74 bits per heavy atom. The van der Waals surface area contributed by atoms with Gasteiger partial charge in [0, 0.05) is 94.0 Å². The lowest BCUT2D eigenvalue weighted by Crippen LogP contribution is -2.49. The molecule has 0 radical (unpaired) electrons. The number of hydrogen-bond donors (Lipinski definition) is 3. The van der Waals surface area contributed by atoms with Gasteiger partial charge >= 0.3 is 6.18 Å². The number of piperazine rings is 1. The SMILES string of the molecule is CS(=O)N1CCc2c(c(-c3ccc(C(F)(F)F)c(CNC(=O)c4ccc(F)cc4)c3)nn2CC(O)CN2CCN(CCO)CC2)C1. The first-order valence-corrected chi connectivity index (χ1v) is 16.6. The molecule has 5 rings (SSSR count). The summed E-state index contributed by atoms with van der Waals surface area (Å²) >= 11 is 0. The van der Waals surface area contributed by atoms with E-state index in [9.17, 15) is 36.8 Å². The van der Waals surface area contributed by atoms with E-state index in [1.807, 2.05) is 0 Å². The number of fused-ring (bicyclic) bond motifs is 1. The lowest BCUT2D eigenvalue weighted by atomic mass is 9.97. The number of aliphatic hydroxyl groups excluding tert-OH is 2. The molecule has 2 aliphatic rings. The van der Waals surface area contributed by atoms with Crippen molar-refractivity contribution in [1.82, 2.24) is 29.2 Å². The van der Waals surface area contributed by atoms with Gasteiger partial charge in [0.2, 0.25) is 0 Å². The maximum Gasteiger partial charge on any atom is 0.416 e. The van der Waals surface area contributed by atoms with Gasteiger partial charge in [0.1, 0.15) is 5.82 Å². The van der Waals surface area contributed by atoms with Gasteiger partial charge in [-0.15, -0.1) is 0 Å². The molecule has 15 heteroatoms. The molecule has 3 aromatic rings. The average Bonchev–Trinajstić information content (AvgIpc) is 3.38. The highest BCUT2D eigenvalue weighted by Gasteiger charge is 2.34. The summed E-state index contributed by atoms with van der Waals surface area (Å²) in [6, 6.07) is 8.34. The first kappa shape index (κ1) is 34.1. The Labute approximate surface area is 267 Å². The number of β-amino-alcohol motifs (C(OH)–C–C–N with tert-alkyl or cyclic N) is 2. The zero-order valence-electron chi connectivity index (χ0n) is 25.5. The molecule has 0 spiro atoms. The first-order chi connectivity index (χ1) is 21.9. The number of alkyl halides is 3. The molecular formula is C31H38F4N6O4S. The summed E-state index contributed by atoms with van der Waals surface area (Å²) in [6.07, 6.45) is -3.38. The molecule has 2 aromatic carbocycles. The lowest BCUT2D eigenvalue weighted by Gasteiger charge is -2.35. The van der Waals surface area contributed by atoms with Crippen LogP contribution in [0.3, 0.4) is 0 Å². The van der Waals surface area contributed by atoms with E-state index >= 15 is 0 Å². The van der Waals surface area contributed by atoms with Crippen molar-refractivity contribution in [3.8, 4) is 11.3 Å². The van der Waals surface area contributed by atoms with Crippen molar-refractivity contribution in [3.63, 3.8) is 0 Å². The standard InChI is InChI=1S/C31H38F4N6O4S/c1-46(45)40-9-8-28-26(20-40)29(37-41(28)19-25(43)18-39-12-10-38(11-13-39)14-15-42)22-4-7-27(31(33,34)35)23(16-22)17-36-30(44)21-2-5-24(32)6-3-21/h2-7,16,25,42-43H,8-15,17-20H2,1H3,(H,36,44). The van der Waals surface area contributed by atoms with Crippen LogP contribution in [0.15, 0.2) is 42.5 Å². The van der Waals surface area contributed by atoms with Gasteiger partial charge in [0.15, 0.2) is 0 Å². The van der Waals surface area contributed by atoms with E-state index in [0.717, 1.165) is 55.6 Å². The van der Waals surface area contributed by atoms with Crippen LogP contribution in [0.5, 0.6) is 0 Å². The lowest BCUT2D eigenvalue weighted by molar-refractivity contribution is -0.138. The third-order valence-electron chi connectivity index (χ3n) is 8.43. The number of benzene rings is 2. The van der Waals surface area contributed by atoms with E-state index in [1.54, 1.807) is 15.2 Å². The smallest absolute Gasteiger partial charge is 0.395 e. The predicted molar refractivity (Wildman–Crippen MR) is 164 cm³/mol. The number of hydrogen-bond acceptors (Lipinski definition) is 7. The van der Waals surface area contributed by atoms with E-state index in [1.165, 1.54) is 24.3 Å². The van der Waals surface area contributed by atoms with Gasteiger partial charge in [-0.2, -0.15) is 18.3 Å². The molecule has 250 valence electrons. The fraction of sp³-hybridized carbons (Fsp3) is 0.484. The van der Waals surface area contributed by atoms with E-state index in [0.29, 0.717) is 37.3 Å². The molecule has 2 atom stereocenters. The zero-order valence-corrected chi connectivity index (χ0v) is 26.3. The Morgan fingerprint density at radius 1 is 1.04 bits per heavy atom. The van der Waals surface area contributed by atoms with Gasteiger partial charge in [-0.3, -0.25) is 19.3 Å². The Morgan fingerprint density at radius 3 is 2.39 bits per heavy atom. The number of carbonyl (C=O) groups is 1. The summed E-state index contributed by atoms with van der Waals surface area (Å²) in [6.45, 7) is 4.73. The molecule has 0 saturated carbocycles. The highest BCUT2D eigenvalue weighted by Crippen LogP contribution is 2.36. The highest BCUT2D eigenvalue weighted by atomic mass is 32.2. The molecule has 0 aliphatic carbocycles. The first-order valence-electron chi connectivity index (χ1n) is 15.1. The Hall–Kier alpha value is -3.21. The molecule has 3 heterocycles. The summed E-state index contributed by atoms with van der Waals surface area (Å²) in [5, 5.41) is 27.5. The molecule has 2 aliphatic heterocycles. The molecule has 1 amide bonds. The second-order valence-corrected chi connectivity index (χ2v) is 12.9. The summed E-state index contributed by atoms with van der Waals surface area (Å²) in [5.74, 6) is -1.19. The Kier molecular flexibility index (Phi) is 10.9.